The molecule has 1 aromatic rings. The maximum atomic E-state index is 11.9. The van der Waals surface area contributed by atoms with Crippen LogP contribution in [0.5, 0.6) is 0 Å². The topological polar surface area (TPSA) is 38.3 Å². The molecule has 0 radical (unpaired) electrons. The zero-order chi connectivity index (χ0) is 15.0. The predicted octanol–water partition coefficient (Wildman–Crippen LogP) is 3.41. The Bertz CT molecular complexity index is 436. The van der Waals surface area contributed by atoms with Crippen molar-refractivity contribution in [1.29, 1.82) is 0 Å². The highest BCUT2D eigenvalue weighted by Crippen LogP contribution is 2.23. The van der Waals surface area contributed by atoms with Crippen molar-refractivity contribution in [3.05, 3.63) is 29.8 Å². The molecule has 0 aliphatic heterocycles. The van der Waals surface area contributed by atoms with Crippen LogP contribution >= 0.6 is 11.8 Å². The van der Waals surface area contributed by atoms with Gasteiger partial charge >= 0.3 is 5.97 Å². The molecule has 3 nitrogen and oxygen atoms in total. The number of carbonyl (C=O) groups excluding carboxylic acids is 1. The van der Waals surface area contributed by atoms with Gasteiger partial charge in [0.2, 0.25) is 0 Å². The van der Waals surface area contributed by atoms with E-state index in [1.54, 1.807) is 11.8 Å². The van der Waals surface area contributed by atoms with E-state index >= 15 is 0 Å². The molecule has 0 bridgehead atoms. The molecule has 0 aliphatic rings. The summed E-state index contributed by atoms with van der Waals surface area (Å²) in [6.07, 6.45) is 1.75. The molecule has 1 aromatic carbocycles. The molecule has 0 heterocycles. The molecular formula is C16H25NO2S. The van der Waals surface area contributed by atoms with E-state index in [0.717, 1.165) is 25.1 Å². The highest BCUT2D eigenvalue weighted by molar-refractivity contribution is 7.99. The Morgan fingerprint density at radius 1 is 1.45 bits per heavy atom. The van der Waals surface area contributed by atoms with E-state index in [1.165, 1.54) is 17.6 Å². The van der Waals surface area contributed by atoms with Crippen LogP contribution in [0.25, 0.3) is 0 Å². The normalized spacial score (nSPS) is 13.8. The van der Waals surface area contributed by atoms with E-state index in [0.29, 0.717) is 0 Å². The van der Waals surface area contributed by atoms with Crippen molar-refractivity contribution in [3.63, 3.8) is 0 Å². The smallest absolute Gasteiger partial charge is 0.325 e. The summed E-state index contributed by atoms with van der Waals surface area (Å²) in [4.78, 5) is 13.2. The molecule has 0 spiro atoms. The van der Waals surface area contributed by atoms with Crippen molar-refractivity contribution < 1.29 is 9.53 Å². The van der Waals surface area contributed by atoms with Crippen LogP contribution in [0.3, 0.4) is 0 Å². The standard InChI is InChI=1S/C16H25NO2S/c1-5-10-17-16(3,15(18)19-4)9-11-20-14-8-6-7-13(2)12-14/h6-8,12,17H,5,9-11H2,1-4H3. The number of ether oxygens (including phenoxy) is 1. The third-order valence-corrected chi connectivity index (χ3v) is 4.26. The molecule has 1 atom stereocenters. The van der Waals surface area contributed by atoms with Crippen molar-refractivity contribution in [2.24, 2.45) is 0 Å². The molecule has 0 saturated carbocycles. The number of hydrogen-bond acceptors (Lipinski definition) is 4. The lowest BCUT2D eigenvalue weighted by Crippen LogP contribution is -2.50. The lowest BCUT2D eigenvalue weighted by molar-refractivity contribution is -0.148. The summed E-state index contributed by atoms with van der Waals surface area (Å²) in [5.74, 6) is 0.696. The largest absolute Gasteiger partial charge is 0.468 e. The van der Waals surface area contributed by atoms with Crippen LogP contribution in [0.1, 0.15) is 32.3 Å². The molecule has 0 aromatic heterocycles. The molecule has 1 N–H and O–H groups in total. The second kappa shape index (κ2) is 8.32. The van der Waals surface area contributed by atoms with Crippen LogP contribution < -0.4 is 5.32 Å². The fourth-order valence-electron chi connectivity index (χ4n) is 1.97. The number of benzene rings is 1. The average molecular weight is 295 g/mol. The van der Waals surface area contributed by atoms with E-state index in [-0.39, 0.29) is 5.97 Å². The highest BCUT2D eigenvalue weighted by Gasteiger charge is 2.32. The van der Waals surface area contributed by atoms with Gasteiger partial charge in [0.25, 0.3) is 0 Å². The number of aryl methyl sites for hydroxylation is 1. The van der Waals surface area contributed by atoms with Crippen molar-refractivity contribution in [1.82, 2.24) is 5.32 Å². The Morgan fingerprint density at radius 3 is 2.80 bits per heavy atom. The average Bonchev–Trinajstić information content (AvgIpc) is 2.44. The number of rotatable bonds is 8. The Morgan fingerprint density at radius 2 is 2.20 bits per heavy atom. The van der Waals surface area contributed by atoms with E-state index in [2.05, 4.69) is 43.4 Å². The van der Waals surface area contributed by atoms with Gasteiger partial charge in [0.05, 0.1) is 7.11 Å². The van der Waals surface area contributed by atoms with Crippen LogP contribution in [0.4, 0.5) is 0 Å². The summed E-state index contributed by atoms with van der Waals surface area (Å²) in [6, 6.07) is 8.42. The van der Waals surface area contributed by atoms with Crippen LogP contribution in [-0.2, 0) is 9.53 Å². The predicted molar refractivity (Wildman–Crippen MR) is 85.2 cm³/mol. The Hall–Kier alpha value is -1.00. The minimum atomic E-state index is -0.596. The van der Waals surface area contributed by atoms with Gasteiger partial charge in [-0.1, -0.05) is 24.6 Å². The van der Waals surface area contributed by atoms with E-state index in [1.807, 2.05) is 6.92 Å². The zero-order valence-corrected chi connectivity index (χ0v) is 13.7. The summed E-state index contributed by atoms with van der Waals surface area (Å²) in [5.41, 5.74) is 0.663. The van der Waals surface area contributed by atoms with E-state index in [9.17, 15) is 4.79 Å². The SMILES string of the molecule is CCCNC(C)(CCSc1cccc(C)c1)C(=O)OC. The van der Waals surface area contributed by atoms with Gasteiger partial charge in [0.1, 0.15) is 5.54 Å². The molecule has 112 valence electrons. The summed E-state index contributed by atoms with van der Waals surface area (Å²) < 4.78 is 4.92. The van der Waals surface area contributed by atoms with Gasteiger partial charge in [-0.05, 0) is 45.4 Å². The van der Waals surface area contributed by atoms with Crippen LogP contribution in [0.15, 0.2) is 29.2 Å². The number of hydrogen-bond donors (Lipinski definition) is 1. The molecule has 0 saturated heterocycles. The van der Waals surface area contributed by atoms with E-state index < -0.39 is 5.54 Å². The lowest BCUT2D eigenvalue weighted by Gasteiger charge is -2.27. The second-order valence-electron chi connectivity index (χ2n) is 5.17. The van der Waals surface area contributed by atoms with Gasteiger partial charge in [-0.25, -0.2) is 0 Å². The number of thioether (sulfide) groups is 1. The van der Waals surface area contributed by atoms with Gasteiger partial charge < -0.3 is 10.1 Å². The van der Waals surface area contributed by atoms with Crippen LogP contribution in [-0.4, -0.2) is 30.9 Å². The van der Waals surface area contributed by atoms with Gasteiger partial charge in [0.15, 0.2) is 0 Å². The van der Waals surface area contributed by atoms with Crippen LogP contribution in [0.2, 0.25) is 0 Å². The summed E-state index contributed by atoms with van der Waals surface area (Å²) >= 11 is 1.78. The monoisotopic (exact) mass is 295 g/mol. The quantitative estimate of drug-likeness (QED) is 0.589. The molecular weight excluding hydrogens is 270 g/mol. The summed E-state index contributed by atoms with van der Waals surface area (Å²) in [5, 5.41) is 3.31. The maximum absolute atomic E-state index is 11.9. The molecule has 20 heavy (non-hydrogen) atoms. The van der Waals surface area contributed by atoms with Crippen molar-refractivity contribution >= 4 is 17.7 Å². The van der Waals surface area contributed by atoms with Crippen molar-refractivity contribution in [2.75, 3.05) is 19.4 Å². The van der Waals surface area contributed by atoms with Gasteiger partial charge in [0, 0.05) is 10.6 Å². The summed E-state index contributed by atoms with van der Waals surface area (Å²) in [7, 11) is 1.45. The Balaban J connectivity index is 2.56. The minimum absolute atomic E-state index is 0.184. The molecule has 0 amide bonds. The van der Waals surface area contributed by atoms with Crippen molar-refractivity contribution in [2.45, 2.75) is 44.0 Å². The maximum Gasteiger partial charge on any atom is 0.325 e. The Kier molecular flexibility index (Phi) is 7.10. The highest BCUT2D eigenvalue weighted by atomic mass is 32.2. The van der Waals surface area contributed by atoms with Gasteiger partial charge in [-0.15, -0.1) is 11.8 Å². The first-order valence-corrected chi connectivity index (χ1v) is 8.03. The first kappa shape index (κ1) is 17.1. The summed E-state index contributed by atoms with van der Waals surface area (Å²) in [6.45, 7) is 6.92. The third kappa shape index (κ3) is 5.17. The molecule has 0 aliphatic carbocycles. The minimum Gasteiger partial charge on any atom is -0.468 e. The first-order chi connectivity index (χ1) is 9.51. The number of carbonyl (C=O) groups is 1. The molecule has 1 rings (SSSR count). The van der Waals surface area contributed by atoms with Crippen molar-refractivity contribution in [3.8, 4) is 0 Å². The molecule has 1 unspecified atom stereocenters. The fourth-order valence-corrected chi connectivity index (χ4v) is 3.16. The second-order valence-corrected chi connectivity index (χ2v) is 6.33. The fraction of sp³-hybridized carbons (Fsp3) is 0.562. The third-order valence-electron chi connectivity index (χ3n) is 3.26. The van der Waals surface area contributed by atoms with Crippen LogP contribution in [0, 0.1) is 6.92 Å². The number of nitrogens with one attached hydrogen (secondary N) is 1. The zero-order valence-electron chi connectivity index (χ0n) is 12.9. The van der Waals surface area contributed by atoms with Gasteiger partial charge in [-0.2, -0.15) is 0 Å². The van der Waals surface area contributed by atoms with Gasteiger partial charge in [-0.3, -0.25) is 4.79 Å². The molecule has 4 heteroatoms. The van der Waals surface area contributed by atoms with E-state index in [4.69, 9.17) is 4.74 Å². The number of methoxy groups -OCH3 is 1. The lowest BCUT2D eigenvalue weighted by atomic mass is 9.99. The number of esters is 1. The first-order valence-electron chi connectivity index (χ1n) is 7.04. The Labute approximate surface area is 126 Å². The molecule has 0 fully saturated rings.